The molecule has 0 fully saturated rings. The van der Waals surface area contributed by atoms with Crippen molar-refractivity contribution in [3.05, 3.63) is 11.6 Å². The van der Waals surface area contributed by atoms with Crippen molar-refractivity contribution < 1.29 is 4.74 Å². The summed E-state index contributed by atoms with van der Waals surface area (Å²) in [5, 5.41) is 7.15. The number of nitrogens with two attached hydrogens (primary N) is 1. The fourth-order valence-corrected chi connectivity index (χ4v) is 1.56. The van der Waals surface area contributed by atoms with Gasteiger partial charge in [0.2, 0.25) is 0 Å². The maximum absolute atomic E-state index is 5.64. The van der Waals surface area contributed by atoms with Crippen LogP contribution in [0, 0.1) is 5.92 Å². The molecule has 0 radical (unpaired) electrons. The summed E-state index contributed by atoms with van der Waals surface area (Å²) in [7, 11) is 0. The van der Waals surface area contributed by atoms with Crippen LogP contribution in [0.5, 0.6) is 0 Å². The van der Waals surface area contributed by atoms with E-state index in [1.165, 1.54) is 0 Å². The highest BCUT2D eigenvalue weighted by molar-refractivity contribution is 4.95. The minimum absolute atomic E-state index is 0.0205. The number of rotatable bonds is 7. The lowest BCUT2D eigenvalue weighted by Gasteiger charge is -2.16. The number of aromatic amines is 1. The predicted octanol–water partition coefficient (Wildman–Crippen LogP) is 1.43. The number of H-pyrrole nitrogens is 1. The van der Waals surface area contributed by atoms with Crippen molar-refractivity contribution in [2.75, 3.05) is 13.2 Å². The first-order chi connectivity index (χ1) is 7.69. The maximum Gasteiger partial charge on any atom is 0.179 e. The van der Waals surface area contributed by atoms with Gasteiger partial charge in [0, 0.05) is 13.0 Å². The number of aromatic nitrogens is 3. The standard InChI is InChI=1S/C11H22N4O/c1-4-16-10(8(2)3)11-13-9(14-15-11)6-5-7-12/h8,10H,4-7,12H2,1-3H3,(H,13,14,15). The van der Waals surface area contributed by atoms with E-state index in [1.54, 1.807) is 0 Å². The second-order valence-corrected chi connectivity index (χ2v) is 4.15. The molecular formula is C11H22N4O. The summed E-state index contributed by atoms with van der Waals surface area (Å²) in [6.45, 7) is 7.55. The molecule has 0 aliphatic carbocycles. The molecule has 16 heavy (non-hydrogen) atoms. The highest BCUT2D eigenvalue weighted by Gasteiger charge is 2.20. The fraction of sp³-hybridized carbons (Fsp3) is 0.818. The quantitative estimate of drug-likeness (QED) is 0.737. The molecule has 0 aliphatic rings. The molecule has 3 N–H and O–H groups in total. The second-order valence-electron chi connectivity index (χ2n) is 4.15. The number of aryl methyl sites for hydroxylation is 1. The molecule has 0 bridgehead atoms. The van der Waals surface area contributed by atoms with Crippen LogP contribution < -0.4 is 5.73 Å². The molecule has 1 rings (SSSR count). The molecule has 1 aromatic rings. The molecule has 0 saturated carbocycles. The van der Waals surface area contributed by atoms with Crippen molar-refractivity contribution in [2.24, 2.45) is 11.7 Å². The van der Waals surface area contributed by atoms with Crippen LogP contribution in [0.3, 0.4) is 0 Å². The first-order valence-electron chi connectivity index (χ1n) is 5.91. The van der Waals surface area contributed by atoms with Crippen LogP contribution in [0.25, 0.3) is 0 Å². The zero-order valence-electron chi connectivity index (χ0n) is 10.4. The third-order valence-corrected chi connectivity index (χ3v) is 2.37. The largest absolute Gasteiger partial charge is 0.370 e. The smallest absolute Gasteiger partial charge is 0.179 e. The lowest BCUT2D eigenvalue weighted by Crippen LogP contribution is -2.13. The Hall–Kier alpha value is -0.940. The van der Waals surface area contributed by atoms with E-state index in [0.29, 0.717) is 19.1 Å². The molecule has 0 saturated heterocycles. The van der Waals surface area contributed by atoms with Crippen molar-refractivity contribution >= 4 is 0 Å². The Morgan fingerprint density at radius 1 is 1.44 bits per heavy atom. The monoisotopic (exact) mass is 226 g/mol. The third-order valence-electron chi connectivity index (χ3n) is 2.37. The summed E-state index contributed by atoms with van der Waals surface area (Å²) in [5.41, 5.74) is 5.45. The Morgan fingerprint density at radius 3 is 2.75 bits per heavy atom. The van der Waals surface area contributed by atoms with Crippen molar-refractivity contribution in [2.45, 2.75) is 39.7 Å². The van der Waals surface area contributed by atoms with E-state index in [4.69, 9.17) is 10.5 Å². The molecule has 92 valence electrons. The van der Waals surface area contributed by atoms with E-state index >= 15 is 0 Å². The summed E-state index contributed by atoms with van der Waals surface area (Å²) in [6.07, 6.45) is 1.75. The molecule has 0 amide bonds. The van der Waals surface area contributed by atoms with Crippen LogP contribution in [0.15, 0.2) is 0 Å². The molecule has 1 atom stereocenters. The van der Waals surface area contributed by atoms with E-state index in [-0.39, 0.29) is 6.10 Å². The van der Waals surface area contributed by atoms with E-state index in [0.717, 1.165) is 24.5 Å². The number of hydrogen-bond donors (Lipinski definition) is 2. The molecule has 0 aliphatic heterocycles. The Bertz CT molecular complexity index is 298. The van der Waals surface area contributed by atoms with Crippen LogP contribution in [-0.2, 0) is 11.2 Å². The lowest BCUT2D eigenvalue weighted by molar-refractivity contribution is 0.0234. The zero-order chi connectivity index (χ0) is 12.0. The molecule has 5 nitrogen and oxygen atoms in total. The van der Waals surface area contributed by atoms with Crippen molar-refractivity contribution in [3.63, 3.8) is 0 Å². The van der Waals surface area contributed by atoms with Crippen LogP contribution in [-0.4, -0.2) is 28.3 Å². The zero-order valence-corrected chi connectivity index (χ0v) is 10.4. The molecule has 0 aromatic carbocycles. The first kappa shape index (κ1) is 13.1. The second kappa shape index (κ2) is 6.60. The van der Waals surface area contributed by atoms with E-state index in [2.05, 4.69) is 29.0 Å². The molecule has 1 unspecified atom stereocenters. The van der Waals surface area contributed by atoms with Gasteiger partial charge in [-0.2, -0.15) is 5.10 Å². The van der Waals surface area contributed by atoms with Gasteiger partial charge in [-0.3, -0.25) is 5.10 Å². The fourth-order valence-electron chi connectivity index (χ4n) is 1.56. The van der Waals surface area contributed by atoms with Gasteiger partial charge < -0.3 is 10.5 Å². The third kappa shape index (κ3) is 3.57. The minimum Gasteiger partial charge on any atom is -0.370 e. The van der Waals surface area contributed by atoms with Gasteiger partial charge in [0.1, 0.15) is 11.9 Å². The van der Waals surface area contributed by atoms with Crippen LogP contribution in [0.4, 0.5) is 0 Å². The van der Waals surface area contributed by atoms with Gasteiger partial charge >= 0.3 is 0 Å². The van der Waals surface area contributed by atoms with Gasteiger partial charge in [-0.15, -0.1) is 0 Å². The van der Waals surface area contributed by atoms with Crippen LogP contribution in [0.1, 0.15) is 44.9 Å². The van der Waals surface area contributed by atoms with E-state index in [1.807, 2.05) is 6.92 Å². The number of ether oxygens (including phenoxy) is 1. The Morgan fingerprint density at radius 2 is 2.19 bits per heavy atom. The summed E-state index contributed by atoms with van der Waals surface area (Å²) in [5.74, 6) is 2.02. The van der Waals surface area contributed by atoms with Gasteiger partial charge in [0.15, 0.2) is 5.82 Å². The average molecular weight is 226 g/mol. The Balaban J connectivity index is 2.65. The van der Waals surface area contributed by atoms with Gasteiger partial charge in [-0.1, -0.05) is 13.8 Å². The minimum atomic E-state index is -0.0205. The molecule has 1 heterocycles. The molecule has 1 aromatic heterocycles. The van der Waals surface area contributed by atoms with E-state index < -0.39 is 0 Å². The van der Waals surface area contributed by atoms with Crippen molar-refractivity contribution in [1.29, 1.82) is 0 Å². The van der Waals surface area contributed by atoms with Crippen molar-refractivity contribution in [1.82, 2.24) is 15.2 Å². The summed E-state index contributed by atoms with van der Waals surface area (Å²) in [4.78, 5) is 4.44. The normalized spacial score (nSPS) is 13.3. The number of nitrogens with zero attached hydrogens (tertiary/aromatic N) is 2. The maximum atomic E-state index is 5.64. The topological polar surface area (TPSA) is 76.8 Å². The molecule has 0 spiro atoms. The van der Waals surface area contributed by atoms with Gasteiger partial charge in [-0.25, -0.2) is 4.98 Å². The Labute approximate surface area is 96.8 Å². The lowest BCUT2D eigenvalue weighted by atomic mass is 10.1. The van der Waals surface area contributed by atoms with Crippen molar-refractivity contribution in [3.8, 4) is 0 Å². The summed E-state index contributed by atoms with van der Waals surface area (Å²) in [6, 6.07) is 0. The predicted molar refractivity (Wildman–Crippen MR) is 63.0 cm³/mol. The Kier molecular flexibility index (Phi) is 5.42. The first-order valence-corrected chi connectivity index (χ1v) is 5.91. The number of nitrogens with one attached hydrogen (secondary N) is 1. The SMILES string of the molecule is CCOC(c1n[nH]c(CCCN)n1)C(C)C. The van der Waals surface area contributed by atoms with E-state index in [9.17, 15) is 0 Å². The summed E-state index contributed by atoms with van der Waals surface area (Å²) < 4.78 is 5.64. The van der Waals surface area contributed by atoms with Gasteiger partial charge in [0.05, 0.1) is 0 Å². The van der Waals surface area contributed by atoms with Crippen LogP contribution in [0.2, 0.25) is 0 Å². The van der Waals surface area contributed by atoms with Crippen LogP contribution >= 0.6 is 0 Å². The number of hydrogen-bond acceptors (Lipinski definition) is 4. The molecule has 5 heteroatoms. The molecular weight excluding hydrogens is 204 g/mol. The van der Waals surface area contributed by atoms with Gasteiger partial charge in [-0.05, 0) is 25.8 Å². The highest BCUT2D eigenvalue weighted by Crippen LogP contribution is 2.22. The summed E-state index contributed by atoms with van der Waals surface area (Å²) >= 11 is 0. The van der Waals surface area contributed by atoms with Gasteiger partial charge in [0.25, 0.3) is 0 Å². The average Bonchev–Trinajstić information content (AvgIpc) is 2.70. The highest BCUT2D eigenvalue weighted by atomic mass is 16.5.